The van der Waals surface area contributed by atoms with Gasteiger partial charge in [-0.25, -0.2) is 4.98 Å². The maximum absolute atomic E-state index is 12.7. The average Bonchev–Trinajstić information content (AvgIpc) is 2.25. The topological polar surface area (TPSA) is 28.7 Å². The summed E-state index contributed by atoms with van der Waals surface area (Å²) in [7, 11) is 0. The van der Waals surface area contributed by atoms with Gasteiger partial charge < -0.3 is 4.98 Å². The normalized spacial score (nSPS) is 12.9. The zero-order valence-electron chi connectivity index (χ0n) is 8.86. The third-order valence-electron chi connectivity index (χ3n) is 2.32. The molecule has 0 aliphatic heterocycles. The molecule has 0 spiro atoms. The fourth-order valence-electron chi connectivity index (χ4n) is 1.57. The number of H-pyrrole nitrogens is 1. The van der Waals surface area contributed by atoms with Crippen LogP contribution in [0.25, 0.3) is 10.9 Å². The first-order chi connectivity index (χ1) is 8.60. The van der Waals surface area contributed by atoms with Crippen LogP contribution in [0.15, 0.2) is 18.2 Å². The van der Waals surface area contributed by atoms with Crippen molar-refractivity contribution in [2.75, 3.05) is 0 Å². The molecule has 0 unspecified atom stereocenters. The van der Waals surface area contributed by atoms with Crippen LogP contribution < -0.4 is 0 Å². The molecule has 0 saturated carbocycles. The third kappa shape index (κ3) is 2.55. The lowest BCUT2D eigenvalue weighted by Gasteiger charge is -2.12. The Balaban J connectivity index is 2.85. The molecular weight excluding hydrogens is 294 g/mol. The Morgan fingerprint density at radius 1 is 1.00 bits per heavy atom. The minimum absolute atomic E-state index is 0.359. The molecule has 0 amide bonds. The first-order valence-electron chi connectivity index (χ1n) is 4.78. The second-order valence-electron chi connectivity index (χ2n) is 3.61. The Labute approximate surface area is 107 Å². The zero-order valence-corrected chi connectivity index (χ0v) is 9.67. The van der Waals surface area contributed by atoms with Crippen LogP contribution in [0, 0.1) is 4.64 Å². The summed E-state index contributed by atoms with van der Waals surface area (Å²) in [5.41, 5.74) is -1.48. The molecule has 0 bridgehead atoms. The van der Waals surface area contributed by atoms with Crippen molar-refractivity contribution in [3.05, 3.63) is 34.2 Å². The van der Waals surface area contributed by atoms with Crippen molar-refractivity contribution < 1.29 is 26.3 Å². The van der Waals surface area contributed by atoms with E-state index in [4.69, 9.17) is 0 Å². The standard InChI is InChI=1S/C10H4F6N2S/c11-9(12,13)4-2-1-3-5-6(4)7(19)18-8(17-5)10(14,15)16/h1-3H,(H,17,18,19). The SMILES string of the molecule is FC(F)(F)c1nc(=S)c2c(C(F)(F)F)cccc2[nH]1. The quantitative estimate of drug-likeness (QED) is 0.579. The Hall–Kier alpha value is -1.64. The van der Waals surface area contributed by atoms with E-state index in [0.717, 1.165) is 18.2 Å². The molecule has 1 heterocycles. The Morgan fingerprint density at radius 3 is 2.16 bits per heavy atom. The second-order valence-corrected chi connectivity index (χ2v) is 4.00. The summed E-state index contributed by atoms with van der Waals surface area (Å²) in [6.07, 6.45) is -9.53. The van der Waals surface area contributed by atoms with E-state index < -0.39 is 33.8 Å². The van der Waals surface area contributed by atoms with Crippen LogP contribution in [0.5, 0.6) is 0 Å². The molecule has 9 heteroatoms. The van der Waals surface area contributed by atoms with Crippen molar-refractivity contribution >= 4 is 23.1 Å². The minimum Gasteiger partial charge on any atom is -0.335 e. The lowest BCUT2D eigenvalue weighted by molar-refractivity contribution is -0.144. The molecule has 2 aromatic rings. The van der Waals surface area contributed by atoms with E-state index in [9.17, 15) is 26.3 Å². The van der Waals surface area contributed by atoms with Gasteiger partial charge in [-0.05, 0) is 12.1 Å². The van der Waals surface area contributed by atoms with Crippen molar-refractivity contribution in [2.24, 2.45) is 0 Å². The van der Waals surface area contributed by atoms with Gasteiger partial charge in [0.1, 0.15) is 4.64 Å². The molecule has 0 fully saturated rings. The molecule has 2 rings (SSSR count). The Morgan fingerprint density at radius 2 is 1.63 bits per heavy atom. The van der Waals surface area contributed by atoms with Crippen LogP contribution in [0.1, 0.15) is 11.4 Å². The van der Waals surface area contributed by atoms with Crippen molar-refractivity contribution in [1.82, 2.24) is 9.97 Å². The fourth-order valence-corrected chi connectivity index (χ4v) is 1.88. The summed E-state index contributed by atoms with van der Waals surface area (Å²) in [4.78, 5) is 4.80. The lowest BCUT2D eigenvalue weighted by atomic mass is 10.1. The summed E-state index contributed by atoms with van der Waals surface area (Å²) < 4.78 is 74.8. The smallest absolute Gasteiger partial charge is 0.335 e. The molecule has 0 saturated heterocycles. The molecule has 1 aromatic carbocycles. The Kier molecular flexibility index (Phi) is 3.04. The van der Waals surface area contributed by atoms with Crippen LogP contribution in [0.3, 0.4) is 0 Å². The number of benzene rings is 1. The van der Waals surface area contributed by atoms with Gasteiger partial charge in [0.25, 0.3) is 0 Å². The van der Waals surface area contributed by atoms with Crippen LogP contribution in [-0.2, 0) is 12.4 Å². The van der Waals surface area contributed by atoms with Crippen molar-refractivity contribution in [3.8, 4) is 0 Å². The van der Waals surface area contributed by atoms with Gasteiger partial charge in [0.15, 0.2) is 0 Å². The molecular formula is C10H4F6N2S. The van der Waals surface area contributed by atoms with E-state index in [1.54, 1.807) is 0 Å². The summed E-state index contributed by atoms with van der Waals surface area (Å²) in [5.74, 6) is -1.43. The number of rotatable bonds is 0. The number of aromatic nitrogens is 2. The van der Waals surface area contributed by atoms with Crippen LogP contribution in [0.2, 0.25) is 0 Å². The first kappa shape index (κ1) is 13.8. The van der Waals surface area contributed by atoms with Gasteiger partial charge in [0, 0.05) is 5.39 Å². The molecule has 19 heavy (non-hydrogen) atoms. The summed E-state index contributed by atoms with van der Waals surface area (Å²) in [6.45, 7) is 0. The molecule has 102 valence electrons. The van der Waals surface area contributed by atoms with Gasteiger partial charge in [-0.1, -0.05) is 18.3 Å². The molecule has 0 radical (unpaired) electrons. The number of hydrogen-bond donors (Lipinski definition) is 1. The number of nitrogens with one attached hydrogen (secondary N) is 1. The zero-order chi connectivity index (χ0) is 14.4. The van der Waals surface area contributed by atoms with E-state index in [1.165, 1.54) is 0 Å². The highest BCUT2D eigenvalue weighted by Crippen LogP contribution is 2.35. The van der Waals surface area contributed by atoms with Crippen molar-refractivity contribution in [3.63, 3.8) is 0 Å². The maximum Gasteiger partial charge on any atom is 0.449 e. The monoisotopic (exact) mass is 298 g/mol. The molecule has 2 nitrogen and oxygen atoms in total. The number of aromatic amines is 1. The van der Waals surface area contributed by atoms with E-state index >= 15 is 0 Å². The van der Waals surface area contributed by atoms with Gasteiger partial charge in [-0.2, -0.15) is 26.3 Å². The maximum atomic E-state index is 12.7. The number of halogens is 6. The Bertz CT molecular complexity index is 685. The van der Waals surface area contributed by atoms with Gasteiger partial charge in [0.05, 0.1) is 11.1 Å². The van der Waals surface area contributed by atoms with Gasteiger partial charge in [-0.15, -0.1) is 0 Å². The molecule has 0 aliphatic carbocycles. The number of hydrogen-bond acceptors (Lipinski definition) is 2. The molecule has 1 aromatic heterocycles. The highest BCUT2D eigenvalue weighted by molar-refractivity contribution is 7.71. The van der Waals surface area contributed by atoms with Crippen molar-refractivity contribution in [1.29, 1.82) is 0 Å². The second kappa shape index (κ2) is 4.19. The van der Waals surface area contributed by atoms with Crippen molar-refractivity contribution in [2.45, 2.75) is 12.4 Å². The summed E-state index contributed by atoms with van der Waals surface area (Å²) in [6, 6.07) is 2.81. The van der Waals surface area contributed by atoms with Crippen LogP contribution in [0.4, 0.5) is 26.3 Å². The van der Waals surface area contributed by atoms with Crippen LogP contribution >= 0.6 is 12.2 Å². The van der Waals surface area contributed by atoms with Gasteiger partial charge >= 0.3 is 12.4 Å². The predicted molar refractivity (Wildman–Crippen MR) is 56.9 cm³/mol. The minimum atomic E-state index is -4.81. The van der Waals surface area contributed by atoms with Gasteiger partial charge in [0.2, 0.25) is 5.82 Å². The highest BCUT2D eigenvalue weighted by atomic mass is 32.1. The molecule has 0 atom stereocenters. The number of fused-ring (bicyclic) bond motifs is 1. The van der Waals surface area contributed by atoms with E-state index in [1.807, 2.05) is 4.98 Å². The largest absolute Gasteiger partial charge is 0.449 e. The average molecular weight is 298 g/mol. The molecule has 1 N–H and O–H groups in total. The number of nitrogens with zero attached hydrogens (tertiary/aromatic N) is 1. The number of alkyl halides is 6. The molecule has 0 aliphatic rings. The fraction of sp³-hybridized carbons (Fsp3) is 0.200. The third-order valence-corrected chi connectivity index (χ3v) is 2.61. The van der Waals surface area contributed by atoms with E-state index in [0.29, 0.717) is 0 Å². The summed E-state index contributed by atoms with van der Waals surface area (Å²) >= 11 is 4.54. The van der Waals surface area contributed by atoms with Gasteiger partial charge in [-0.3, -0.25) is 0 Å². The van der Waals surface area contributed by atoms with Crippen LogP contribution in [-0.4, -0.2) is 9.97 Å². The first-order valence-corrected chi connectivity index (χ1v) is 5.19. The summed E-state index contributed by atoms with van der Waals surface area (Å²) in [5, 5.41) is -0.544. The van der Waals surface area contributed by atoms with E-state index in [-0.39, 0.29) is 5.52 Å². The highest BCUT2D eigenvalue weighted by Gasteiger charge is 2.36. The lowest BCUT2D eigenvalue weighted by Crippen LogP contribution is -2.13. The van der Waals surface area contributed by atoms with E-state index in [2.05, 4.69) is 17.2 Å². The predicted octanol–water partition coefficient (Wildman–Crippen LogP) is 4.33.